The van der Waals surface area contributed by atoms with Crippen molar-refractivity contribution in [3.63, 3.8) is 0 Å². The van der Waals surface area contributed by atoms with Gasteiger partial charge in [0, 0.05) is 23.2 Å². The lowest BCUT2D eigenvalue weighted by Gasteiger charge is -2.07. The van der Waals surface area contributed by atoms with E-state index in [0.29, 0.717) is 10.6 Å². The van der Waals surface area contributed by atoms with Gasteiger partial charge in [-0.3, -0.25) is 4.79 Å². The van der Waals surface area contributed by atoms with Gasteiger partial charge in [0.2, 0.25) is 0 Å². The maximum atomic E-state index is 12.3. The number of nitrogens with zero attached hydrogens (tertiary/aromatic N) is 1. The van der Waals surface area contributed by atoms with Crippen molar-refractivity contribution in [1.29, 1.82) is 0 Å². The molecule has 0 unspecified atom stereocenters. The number of halogens is 1. The maximum Gasteiger partial charge on any atom is 0.258 e. The standard InChI is InChI=1S/C16H12ClNO/c1-18-15-8-3-2-7-13(15)14(16(18)19)10-11-5-4-6-12(17)9-11/h2-10H,1H3/b14-10-. The molecule has 3 heteroatoms. The molecule has 1 amide bonds. The first-order valence-corrected chi connectivity index (χ1v) is 6.39. The van der Waals surface area contributed by atoms with Gasteiger partial charge in [0.15, 0.2) is 0 Å². The minimum absolute atomic E-state index is 0.0150. The Balaban J connectivity index is 2.13. The SMILES string of the molecule is CN1C(=O)/C(=C\c2cccc(Cl)c2)c2ccccc21. The van der Waals surface area contributed by atoms with Gasteiger partial charge in [-0.2, -0.15) is 0 Å². The Labute approximate surface area is 116 Å². The second-order valence-electron chi connectivity index (χ2n) is 4.49. The van der Waals surface area contributed by atoms with Crippen LogP contribution in [0.15, 0.2) is 48.5 Å². The number of carbonyl (C=O) groups excluding carboxylic acids is 1. The van der Waals surface area contributed by atoms with Crippen LogP contribution >= 0.6 is 11.6 Å². The summed E-state index contributed by atoms with van der Waals surface area (Å²) in [7, 11) is 1.79. The Bertz CT molecular complexity index is 691. The van der Waals surface area contributed by atoms with E-state index in [0.717, 1.165) is 16.8 Å². The lowest BCUT2D eigenvalue weighted by atomic mass is 10.0. The minimum atomic E-state index is 0.0150. The number of likely N-dealkylation sites (N-methyl/N-ethyl adjacent to an activating group) is 1. The van der Waals surface area contributed by atoms with E-state index >= 15 is 0 Å². The molecule has 0 fully saturated rings. The summed E-state index contributed by atoms with van der Waals surface area (Å²) in [6.07, 6.45) is 1.89. The van der Waals surface area contributed by atoms with Crippen molar-refractivity contribution in [1.82, 2.24) is 0 Å². The summed E-state index contributed by atoms with van der Waals surface area (Å²) in [6, 6.07) is 15.3. The highest BCUT2D eigenvalue weighted by atomic mass is 35.5. The number of carbonyl (C=O) groups is 1. The van der Waals surface area contributed by atoms with Crippen LogP contribution in [0.5, 0.6) is 0 Å². The van der Waals surface area contributed by atoms with Gasteiger partial charge in [0.25, 0.3) is 5.91 Å². The molecule has 0 atom stereocenters. The highest BCUT2D eigenvalue weighted by Gasteiger charge is 2.28. The van der Waals surface area contributed by atoms with Crippen LogP contribution in [-0.2, 0) is 4.79 Å². The molecule has 0 aliphatic carbocycles. The van der Waals surface area contributed by atoms with Crippen molar-refractivity contribution in [2.75, 3.05) is 11.9 Å². The van der Waals surface area contributed by atoms with E-state index in [1.807, 2.05) is 54.6 Å². The lowest BCUT2D eigenvalue weighted by molar-refractivity contribution is -0.112. The highest BCUT2D eigenvalue weighted by Crippen LogP contribution is 2.36. The summed E-state index contributed by atoms with van der Waals surface area (Å²) in [5.74, 6) is 0.0150. The van der Waals surface area contributed by atoms with Gasteiger partial charge in [-0.1, -0.05) is 41.9 Å². The molecule has 0 radical (unpaired) electrons. The number of para-hydroxylation sites is 1. The predicted molar refractivity (Wildman–Crippen MR) is 79.2 cm³/mol. The fraction of sp³-hybridized carbons (Fsp3) is 0.0625. The molecule has 2 aromatic rings. The van der Waals surface area contributed by atoms with Gasteiger partial charge in [-0.05, 0) is 29.8 Å². The van der Waals surface area contributed by atoms with Crippen molar-refractivity contribution in [3.05, 3.63) is 64.7 Å². The molecule has 1 aliphatic heterocycles. The van der Waals surface area contributed by atoms with E-state index < -0.39 is 0 Å². The molecule has 0 spiro atoms. The van der Waals surface area contributed by atoms with E-state index in [1.54, 1.807) is 11.9 Å². The molecule has 19 heavy (non-hydrogen) atoms. The molecule has 0 saturated heterocycles. The number of anilines is 1. The van der Waals surface area contributed by atoms with Crippen LogP contribution in [-0.4, -0.2) is 13.0 Å². The molecule has 2 nitrogen and oxygen atoms in total. The number of hydrogen-bond donors (Lipinski definition) is 0. The van der Waals surface area contributed by atoms with Gasteiger partial charge in [-0.25, -0.2) is 0 Å². The summed E-state index contributed by atoms with van der Waals surface area (Å²) in [4.78, 5) is 13.9. The second kappa shape index (κ2) is 4.56. The predicted octanol–water partition coefficient (Wildman–Crippen LogP) is 3.86. The number of fused-ring (bicyclic) bond motifs is 1. The zero-order valence-electron chi connectivity index (χ0n) is 10.4. The van der Waals surface area contributed by atoms with Gasteiger partial charge < -0.3 is 4.90 Å². The number of benzene rings is 2. The largest absolute Gasteiger partial charge is 0.311 e. The van der Waals surface area contributed by atoms with Crippen LogP contribution < -0.4 is 4.90 Å². The summed E-state index contributed by atoms with van der Waals surface area (Å²) in [5.41, 5.74) is 3.55. The Morgan fingerprint density at radius 3 is 2.68 bits per heavy atom. The van der Waals surface area contributed by atoms with Crippen molar-refractivity contribution in [2.24, 2.45) is 0 Å². The Morgan fingerprint density at radius 1 is 1.11 bits per heavy atom. The average molecular weight is 270 g/mol. The molecule has 2 aromatic carbocycles. The zero-order valence-corrected chi connectivity index (χ0v) is 11.2. The molecule has 0 aromatic heterocycles. The summed E-state index contributed by atoms with van der Waals surface area (Å²) < 4.78 is 0. The van der Waals surface area contributed by atoms with Crippen molar-refractivity contribution >= 4 is 34.8 Å². The number of rotatable bonds is 1. The van der Waals surface area contributed by atoms with Gasteiger partial charge in [0.05, 0.1) is 5.69 Å². The molecule has 0 bridgehead atoms. The highest BCUT2D eigenvalue weighted by molar-refractivity contribution is 6.35. The van der Waals surface area contributed by atoms with Crippen LogP contribution in [0.25, 0.3) is 11.6 Å². The quantitative estimate of drug-likeness (QED) is 0.720. The van der Waals surface area contributed by atoms with Gasteiger partial charge in [-0.15, -0.1) is 0 Å². The van der Waals surface area contributed by atoms with Crippen LogP contribution in [0, 0.1) is 0 Å². The van der Waals surface area contributed by atoms with Crippen LogP contribution in [0.1, 0.15) is 11.1 Å². The van der Waals surface area contributed by atoms with Crippen molar-refractivity contribution in [2.45, 2.75) is 0 Å². The second-order valence-corrected chi connectivity index (χ2v) is 4.93. The fourth-order valence-corrected chi connectivity index (χ4v) is 2.50. The molecule has 1 aliphatic rings. The van der Waals surface area contributed by atoms with Gasteiger partial charge >= 0.3 is 0 Å². The van der Waals surface area contributed by atoms with E-state index in [9.17, 15) is 4.79 Å². The van der Waals surface area contributed by atoms with Crippen molar-refractivity contribution in [3.8, 4) is 0 Å². The molecular formula is C16H12ClNO. The minimum Gasteiger partial charge on any atom is -0.311 e. The first-order valence-electron chi connectivity index (χ1n) is 6.01. The summed E-state index contributed by atoms with van der Waals surface area (Å²) in [5, 5.41) is 0.668. The molecular weight excluding hydrogens is 258 g/mol. The Morgan fingerprint density at radius 2 is 1.89 bits per heavy atom. The van der Waals surface area contributed by atoms with E-state index in [2.05, 4.69) is 0 Å². The summed E-state index contributed by atoms with van der Waals surface area (Å²) in [6.45, 7) is 0. The Kier molecular flexibility index (Phi) is 2.88. The zero-order chi connectivity index (χ0) is 13.4. The van der Waals surface area contributed by atoms with E-state index in [1.165, 1.54) is 0 Å². The third kappa shape index (κ3) is 2.04. The van der Waals surface area contributed by atoms with Crippen molar-refractivity contribution < 1.29 is 4.79 Å². The topological polar surface area (TPSA) is 20.3 Å². The molecule has 1 heterocycles. The fourth-order valence-electron chi connectivity index (χ4n) is 2.30. The molecule has 3 rings (SSSR count). The number of amides is 1. The average Bonchev–Trinajstić information content (AvgIpc) is 2.65. The number of hydrogen-bond acceptors (Lipinski definition) is 1. The third-order valence-electron chi connectivity index (χ3n) is 3.25. The summed E-state index contributed by atoms with van der Waals surface area (Å²) >= 11 is 5.97. The van der Waals surface area contributed by atoms with Crippen LogP contribution in [0.4, 0.5) is 5.69 Å². The molecule has 94 valence electrons. The van der Waals surface area contributed by atoms with Gasteiger partial charge in [0.1, 0.15) is 0 Å². The Hall–Kier alpha value is -2.06. The normalized spacial score (nSPS) is 16.0. The lowest BCUT2D eigenvalue weighted by Crippen LogP contribution is -2.20. The smallest absolute Gasteiger partial charge is 0.258 e. The van der Waals surface area contributed by atoms with E-state index in [4.69, 9.17) is 11.6 Å². The maximum absolute atomic E-state index is 12.3. The third-order valence-corrected chi connectivity index (χ3v) is 3.49. The first kappa shape index (κ1) is 12.0. The molecule has 0 N–H and O–H groups in total. The first-order chi connectivity index (χ1) is 9.16. The van der Waals surface area contributed by atoms with E-state index in [-0.39, 0.29) is 5.91 Å². The molecule has 0 saturated carbocycles. The van der Waals surface area contributed by atoms with Crippen LogP contribution in [0.3, 0.4) is 0 Å². The monoisotopic (exact) mass is 269 g/mol. The van der Waals surface area contributed by atoms with Crippen LogP contribution in [0.2, 0.25) is 5.02 Å².